The van der Waals surface area contributed by atoms with Crippen LogP contribution in [0.25, 0.3) is 55.4 Å². The van der Waals surface area contributed by atoms with Gasteiger partial charge in [-0.3, -0.25) is 18.5 Å². The Morgan fingerprint density at radius 2 is 1.91 bits per heavy atom. The van der Waals surface area contributed by atoms with Gasteiger partial charge in [0.15, 0.2) is 0 Å². The monoisotopic (exact) mass is 635 g/mol. The van der Waals surface area contributed by atoms with Crippen molar-refractivity contribution in [3.05, 3.63) is 53.2 Å². The van der Waals surface area contributed by atoms with Crippen LogP contribution in [0.5, 0.6) is 0 Å². The molecule has 1 aliphatic carbocycles. The second kappa shape index (κ2) is 10.6. The number of benzene rings is 1. The second-order valence-corrected chi connectivity index (χ2v) is 14.6. The number of halogens is 1. The Morgan fingerprint density at radius 1 is 1.15 bits per heavy atom. The van der Waals surface area contributed by atoms with Gasteiger partial charge in [-0.1, -0.05) is 6.07 Å². The number of H-pyrrole nitrogens is 1. The summed E-state index contributed by atoms with van der Waals surface area (Å²) in [6.07, 6.45) is 6.71. The molecule has 1 aliphatic rings. The lowest BCUT2D eigenvalue weighted by molar-refractivity contribution is 0.166. The standard InChI is InChI=1S/C31H37B3FN9O3/c1-30(2,3)44-20-9-6-15(10-16(20)12-37-44)22-23-25-21(41(4)29(46)43(25)18-8-7-17(11-18)38-28(45)47-5)13-36-27(23)39-24(22)19-14-42(31(32,33)34)40-26(19)35/h6,9-10,12-14,17-18H,7-8,11,32-34H2,1-5H3,(H,36,39)(H,38,45)/t17-,18-/m1/s1. The average molecular weight is 635 g/mol. The Kier molecular flexibility index (Phi) is 6.99. The SMILES string of the molecule is BC(B)(B)n1cc(-c2[nH]c3ncc4c(c3c2-c2ccc3c(cnn3C(C)(C)C)c2)n([C@@H]2CC[C@@H](NC(=O)OC)C2)c(=O)n4C)c(F)n1. The maximum atomic E-state index is 15.8. The van der Waals surface area contributed by atoms with Crippen LogP contribution in [-0.4, -0.2) is 81.4 Å². The molecular weight excluding hydrogens is 598 g/mol. The molecule has 47 heavy (non-hydrogen) atoms. The van der Waals surface area contributed by atoms with Crippen molar-refractivity contribution in [3.8, 4) is 22.4 Å². The van der Waals surface area contributed by atoms with Gasteiger partial charge >= 0.3 is 11.8 Å². The third-order valence-electron chi connectivity index (χ3n) is 9.27. The molecule has 240 valence electrons. The van der Waals surface area contributed by atoms with Gasteiger partial charge in [0.05, 0.1) is 58.2 Å². The summed E-state index contributed by atoms with van der Waals surface area (Å²) in [6.45, 7) is 6.31. The number of pyridine rings is 1. The van der Waals surface area contributed by atoms with Crippen molar-refractivity contribution in [2.75, 3.05) is 7.11 Å². The zero-order chi connectivity index (χ0) is 33.6. The minimum Gasteiger partial charge on any atom is -0.453 e. The molecule has 16 heteroatoms. The number of hydrogen-bond donors (Lipinski definition) is 2. The van der Waals surface area contributed by atoms with Gasteiger partial charge in [0, 0.05) is 36.3 Å². The highest BCUT2D eigenvalue weighted by atomic mass is 19.1. The van der Waals surface area contributed by atoms with Gasteiger partial charge in [-0.25, -0.2) is 14.6 Å². The molecule has 1 amide bonds. The van der Waals surface area contributed by atoms with Crippen LogP contribution in [0.2, 0.25) is 0 Å². The molecule has 1 aromatic carbocycles. The first-order valence-corrected chi connectivity index (χ1v) is 15.9. The number of aryl methyl sites for hydroxylation is 1. The summed E-state index contributed by atoms with van der Waals surface area (Å²) in [7, 11) is 8.97. The van der Waals surface area contributed by atoms with Crippen molar-refractivity contribution in [2.45, 2.75) is 62.9 Å². The van der Waals surface area contributed by atoms with Gasteiger partial charge < -0.3 is 15.0 Å². The number of imidazole rings is 1. The van der Waals surface area contributed by atoms with E-state index in [-0.39, 0.29) is 23.3 Å². The molecule has 2 atom stereocenters. The number of hydrogen-bond acceptors (Lipinski definition) is 6. The van der Waals surface area contributed by atoms with Crippen molar-refractivity contribution in [3.63, 3.8) is 0 Å². The predicted molar refractivity (Wildman–Crippen MR) is 188 cm³/mol. The number of carbonyl (C=O) groups excluding carboxylic acids is 1. The van der Waals surface area contributed by atoms with Crippen LogP contribution in [0.1, 0.15) is 46.1 Å². The van der Waals surface area contributed by atoms with Crippen molar-refractivity contribution < 1.29 is 13.9 Å². The summed E-state index contributed by atoms with van der Waals surface area (Å²) < 4.78 is 27.7. The van der Waals surface area contributed by atoms with E-state index in [4.69, 9.17) is 9.72 Å². The number of rotatable bonds is 5. The highest BCUT2D eigenvalue weighted by molar-refractivity contribution is 6.56. The summed E-state index contributed by atoms with van der Waals surface area (Å²) in [5.74, 6) is -0.608. The Labute approximate surface area is 272 Å². The highest BCUT2D eigenvalue weighted by Gasteiger charge is 2.33. The van der Waals surface area contributed by atoms with Crippen LogP contribution in [0.4, 0.5) is 9.18 Å². The topological polar surface area (TPSA) is 130 Å². The molecule has 0 bridgehead atoms. The van der Waals surface area contributed by atoms with E-state index < -0.39 is 17.3 Å². The third-order valence-corrected chi connectivity index (χ3v) is 9.27. The number of ether oxygens (including phenoxy) is 1. The molecule has 6 aromatic rings. The fraction of sp³-hybridized carbons (Fsp3) is 0.387. The average Bonchev–Trinajstić information content (AvgIpc) is 3.82. The fourth-order valence-corrected chi connectivity index (χ4v) is 6.94. The van der Waals surface area contributed by atoms with Crippen molar-refractivity contribution in [2.24, 2.45) is 7.05 Å². The molecule has 5 aromatic heterocycles. The maximum Gasteiger partial charge on any atom is 0.407 e. The number of nitrogens with one attached hydrogen (secondary N) is 2. The zero-order valence-corrected chi connectivity index (χ0v) is 28.0. The smallest absolute Gasteiger partial charge is 0.407 e. The van der Waals surface area contributed by atoms with Gasteiger partial charge in [0.1, 0.15) is 29.2 Å². The molecule has 0 saturated heterocycles. The molecule has 0 radical (unpaired) electrons. The number of aromatic amines is 1. The quantitative estimate of drug-likeness (QED) is 0.279. The van der Waals surface area contributed by atoms with Gasteiger partial charge in [-0.2, -0.15) is 9.49 Å². The van der Waals surface area contributed by atoms with Crippen LogP contribution in [0, 0.1) is 5.95 Å². The summed E-state index contributed by atoms with van der Waals surface area (Å²) >= 11 is 0. The molecule has 0 aliphatic heterocycles. The molecule has 0 spiro atoms. The molecular formula is C31H37B3FN9O3. The van der Waals surface area contributed by atoms with Gasteiger partial charge in [0.2, 0.25) is 5.95 Å². The Morgan fingerprint density at radius 3 is 2.60 bits per heavy atom. The van der Waals surface area contributed by atoms with E-state index in [2.05, 4.69) is 47.3 Å². The van der Waals surface area contributed by atoms with Gasteiger partial charge in [-0.05, 0) is 63.0 Å². The Balaban J connectivity index is 1.52. The van der Waals surface area contributed by atoms with E-state index in [1.165, 1.54) is 7.11 Å². The van der Waals surface area contributed by atoms with Gasteiger partial charge in [0.25, 0.3) is 0 Å². The number of methoxy groups -OCH3 is 1. The summed E-state index contributed by atoms with van der Waals surface area (Å²) in [6, 6.07) is 5.79. The first-order valence-electron chi connectivity index (χ1n) is 15.9. The molecule has 2 N–H and O–H groups in total. The van der Waals surface area contributed by atoms with E-state index in [1.807, 2.05) is 51.1 Å². The third kappa shape index (κ3) is 4.96. The number of alkyl carbamates (subject to hydrolysis) is 1. The Hall–Kier alpha value is -4.75. The van der Waals surface area contributed by atoms with Crippen LogP contribution < -0.4 is 11.0 Å². The lowest BCUT2D eigenvalue weighted by Crippen LogP contribution is -2.35. The lowest BCUT2D eigenvalue weighted by Gasteiger charge is -2.20. The van der Waals surface area contributed by atoms with Crippen LogP contribution in [-0.2, 0) is 22.6 Å². The number of fused-ring (bicyclic) bond motifs is 4. The first kappa shape index (κ1) is 30.9. The minimum atomic E-state index is -0.608. The van der Waals surface area contributed by atoms with Crippen LogP contribution >= 0.6 is 0 Å². The maximum absolute atomic E-state index is 15.8. The molecule has 7 rings (SSSR count). The lowest BCUT2D eigenvalue weighted by atomic mass is 9.49. The minimum absolute atomic E-state index is 0.132. The zero-order valence-electron chi connectivity index (χ0n) is 28.0. The highest BCUT2D eigenvalue weighted by Crippen LogP contribution is 2.44. The largest absolute Gasteiger partial charge is 0.453 e. The van der Waals surface area contributed by atoms with E-state index in [0.29, 0.717) is 52.6 Å². The van der Waals surface area contributed by atoms with E-state index >= 15 is 4.39 Å². The number of amides is 1. The number of nitrogens with zero attached hydrogens (tertiary/aromatic N) is 7. The van der Waals surface area contributed by atoms with E-state index in [9.17, 15) is 9.59 Å². The van der Waals surface area contributed by atoms with Crippen LogP contribution in [0.15, 0.2) is 41.6 Å². The molecule has 12 nitrogen and oxygen atoms in total. The Bertz CT molecular complexity index is 2270. The number of aromatic nitrogens is 8. The summed E-state index contributed by atoms with van der Waals surface area (Å²) in [4.78, 5) is 34.1. The van der Waals surface area contributed by atoms with Crippen LogP contribution in [0.3, 0.4) is 0 Å². The van der Waals surface area contributed by atoms with E-state index in [1.54, 1.807) is 28.7 Å². The number of carbonyl (C=O) groups is 1. The normalized spacial score (nSPS) is 17.3. The van der Waals surface area contributed by atoms with Crippen molar-refractivity contribution >= 4 is 62.6 Å². The summed E-state index contributed by atoms with van der Waals surface area (Å²) in [5.41, 5.74) is 4.83. The predicted octanol–water partition coefficient (Wildman–Crippen LogP) is 1.91. The molecule has 1 fully saturated rings. The van der Waals surface area contributed by atoms with Gasteiger partial charge in [-0.15, -0.1) is 5.10 Å². The summed E-state index contributed by atoms with van der Waals surface area (Å²) in [5, 5.41) is 13.0. The molecule has 0 unspecified atom stereocenters. The first-order chi connectivity index (χ1) is 22.2. The fourth-order valence-electron chi connectivity index (χ4n) is 6.94. The molecule has 5 heterocycles. The second-order valence-electron chi connectivity index (χ2n) is 14.6. The van der Waals surface area contributed by atoms with Crippen molar-refractivity contribution in [1.29, 1.82) is 0 Å². The molecule has 1 saturated carbocycles. The van der Waals surface area contributed by atoms with E-state index in [0.717, 1.165) is 22.0 Å². The van der Waals surface area contributed by atoms with Crippen molar-refractivity contribution in [1.82, 2.24) is 44.0 Å².